The molecule has 0 aliphatic rings. The largest absolute Gasteiger partial charge is 0.369 e. The molecule has 7 heteroatoms. The second-order valence-electron chi connectivity index (χ2n) is 4.81. The Morgan fingerprint density at radius 2 is 2.18 bits per heavy atom. The number of H-pyrrole nitrogens is 1. The van der Waals surface area contributed by atoms with Crippen molar-refractivity contribution < 1.29 is 14.3 Å². The van der Waals surface area contributed by atoms with E-state index >= 15 is 0 Å². The van der Waals surface area contributed by atoms with Crippen LogP contribution < -0.4 is 11.1 Å². The van der Waals surface area contributed by atoms with Crippen LogP contribution in [0.5, 0.6) is 0 Å². The molecule has 0 saturated heterocycles. The third-order valence-corrected chi connectivity index (χ3v) is 3.20. The first-order chi connectivity index (χ1) is 10.5. The summed E-state index contributed by atoms with van der Waals surface area (Å²) >= 11 is 0. The number of hydrogen-bond donors (Lipinski definition) is 4. The van der Waals surface area contributed by atoms with Crippen molar-refractivity contribution in [3.05, 3.63) is 59.7 Å². The summed E-state index contributed by atoms with van der Waals surface area (Å²) in [5.74, 6) is -1.00. The number of aromatic nitrogens is 2. The molecule has 1 amide bonds. The Hall–Kier alpha value is -2.93. The van der Waals surface area contributed by atoms with Crippen molar-refractivity contribution in [1.82, 2.24) is 9.97 Å². The average Bonchev–Trinajstić information content (AvgIpc) is 2.90. The van der Waals surface area contributed by atoms with Crippen molar-refractivity contribution in [2.75, 3.05) is 5.32 Å². The minimum absolute atomic E-state index is 0.255. The van der Waals surface area contributed by atoms with Crippen molar-refractivity contribution in [2.45, 2.75) is 6.23 Å². The molecule has 1 atom stereocenters. The van der Waals surface area contributed by atoms with E-state index in [4.69, 9.17) is 5.73 Å². The van der Waals surface area contributed by atoms with Crippen LogP contribution in [0.15, 0.2) is 42.6 Å². The van der Waals surface area contributed by atoms with Gasteiger partial charge in [0.05, 0.1) is 11.9 Å². The molecule has 0 fully saturated rings. The summed E-state index contributed by atoms with van der Waals surface area (Å²) in [7, 11) is 0. The molecule has 0 aliphatic carbocycles. The number of carbonyl (C=O) groups excluding carboxylic acids is 1. The maximum atomic E-state index is 13.2. The first kappa shape index (κ1) is 14.0. The average molecular weight is 300 g/mol. The Kier molecular flexibility index (Phi) is 3.48. The van der Waals surface area contributed by atoms with Crippen LogP contribution in [-0.4, -0.2) is 21.0 Å². The number of nitrogens with one attached hydrogen (secondary N) is 2. The molecular weight excluding hydrogens is 287 g/mol. The standard InChI is InChI=1S/C15H13FN4O2/c16-10-3-1-2-8(4-10)15(22)19-11-5-9-6-12(13(17)21)20-14(9)18-7-11/h1-7,15,19,22H,(H2,17,21)(H,18,20). The van der Waals surface area contributed by atoms with E-state index in [-0.39, 0.29) is 5.69 Å². The number of aliphatic hydroxyl groups is 1. The number of nitrogens with two attached hydrogens (primary N) is 1. The van der Waals surface area contributed by atoms with E-state index in [0.717, 1.165) is 0 Å². The van der Waals surface area contributed by atoms with Crippen LogP contribution in [0.2, 0.25) is 0 Å². The number of aromatic amines is 1. The van der Waals surface area contributed by atoms with Crippen molar-refractivity contribution in [1.29, 1.82) is 0 Å². The number of benzene rings is 1. The molecule has 0 spiro atoms. The van der Waals surface area contributed by atoms with Gasteiger partial charge in [0.15, 0.2) is 6.23 Å². The summed E-state index contributed by atoms with van der Waals surface area (Å²) in [5.41, 5.74) is 6.89. The Morgan fingerprint density at radius 3 is 2.91 bits per heavy atom. The number of rotatable bonds is 4. The van der Waals surface area contributed by atoms with Gasteiger partial charge in [-0.3, -0.25) is 4.79 Å². The Balaban J connectivity index is 1.85. The number of fused-ring (bicyclic) bond motifs is 1. The molecule has 3 aromatic rings. The lowest BCUT2D eigenvalue weighted by Gasteiger charge is -2.14. The monoisotopic (exact) mass is 300 g/mol. The van der Waals surface area contributed by atoms with Gasteiger partial charge in [-0.25, -0.2) is 9.37 Å². The van der Waals surface area contributed by atoms with Crippen LogP contribution in [-0.2, 0) is 0 Å². The minimum Gasteiger partial charge on any atom is -0.369 e. The summed E-state index contributed by atoms with van der Waals surface area (Å²) in [6, 6.07) is 8.94. The SMILES string of the molecule is NC(=O)c1cc2cc(NC(O)c3cccc(F)c3)cnc2[nH]1. The number of hydrogen-bond acceptors (Lipinski definition) is 4. The molecule has 1 unspecified atom stereocenters. The fourth-order valence-electron chi connectivity index (χ4n) is 2.14. The van der Waals surface area contributed by atoms with Crippen molar-refractivity contribution in [3.8, 4) is 0 Å². The highest BCUT2D eigenvalue weighted by Gasteiger charge is 2.11. The highest BCUT2D eigenvalue weighted by atomic mass is 19.1. The Bertz CT molecular complexity index is 846. The molecule has 1 aromatic carbocycles. The summed E-state index contributed by atoms with van der Waals surface area (Å²) < 4.78 is 13.2. The zero-order valence-corrected chi connectivity index (χ0v) is 11.4. The van der Waals surface area contributed by atoms with Gasteiger partial charge >= 0.3 is 0 Å². The number of carbonyl (C=O) groups is 1. The third kappa shape index (κ3) is 2.75. The predicted molar refractivity (Wildman–Crippen MR) is 79.6 cm³/mol. The maximum absolute atomic E-state index is 13.2. The van der Waals surface area contributed by atoms with E-state index < -0.39 is 18.0 Å². The fraction of sp³-hybridized carbons (Fsp3) is 0.0667. The predicted octanol–water partition coefficient (Wildman–Crippen LogP) is 1.90. The molecule has 0 bridgehead atoms. The second-order valence-corrected chi connectivity index (χ2v) is 4.81. The van der Waals surface area contributed by atoms with Gasteiger partial charge < -0.3 is 21.1 Å². The molecule has 0 radical (unpaired) electrons. The topological polar surface area (TPSA) is 104 Å². The van der Waals surface area contributed by atoms with Crippen LogP contribution in [0.25, 0.3) is 11.0 Å². The normalized spacial score (nSPS) is 12.3. The van der Waals surface area contributed by atoms with E-state index in [9.17, 15) is 14.3 Å². The Morgan fingerprint density at radius 1 is 1.36 bits per heavy atom. The van der Waals surface area contributed by atoms with Gasteiger partial charge in [-0.2, -0.15) is 0 Å². The number of pyridine rings is 1. The van der Waals surface area contributed by atoms with Crippen LogP contribution in [0.3, 0.4) is 0 Å². The van der Waals surface area contributed by atoms with Gasteiger partial charge in [0, 0.05) is 10.9 Å². The number of halogens is 1. The molecule has 5 N–H and O–H groups in total. The van der Waals surface area contributed by atoms with E-state index in [1.807, 2.05) is 0 Å². The van der Waals surface area contributed by atoms with Crippen LogP contribution in [0.4, 0.5) is 10.1 Å². The summed E-state index contributed by atoms with van der Waals surface area (Å²) in [5, 5.41) is 13.6. The maximum Gasteiger partial charge on any atom is 0.265 e. The molecule has 3 rings (SSSR count). The highest BCUT2D eigenvalue weighted by Crippen LogP contribution is 2.21. The molecule has 6 nitrogen and oxygen atoms in total. The lowest BCUT2D eigenvalue weighted by atomic mass is 10.2. The Labute approximate surface area is 124 Å². The van der Waals surface area contributed by atoms with Gasteiger partial charge in [-0.1, -0.05) is 12.1 Å². The van der Waals surface area contributed by atoms with Crippen LogP contribution in [0.1, 0.15) is 22.3 Å². The molecule has 0 aliphatic heterocycles. The first-order valence-electron chi connectivity index (χ1n) is 6.51. The van der Waals surface area contributed by atoms with Gasteiger partial charge in [0.2, 0.25) is 0 Å². The molecule has 2 aromatic heterocycles. The van der Waals surface area contributed by atoms with E-state index in [1.165, 1.54) is 24.4 Å². The third-order valence-electron chi connectivity index (χ3n) is 3.20. The zero-order chi connectivity index (χ0) is 15.7. The second kappa shape index (κ2) is 5.45. The number of amides is 1. The van der Waals surface area contributed by atoms with E-state index in [1.54, 1.807) is 18.2 Å². The summed E-state index contributed by atoms with van der Waals surface area (Å²) in [6.45, 7) is 0. The lowest BCUT2D eigenvalue weighted by Crippen LogP contribution is -2.10. The molecular formula is C15H13FN4O2. The van der Waals surface area contributed by atoms with Crippen LogP contribution >= 0.6 is 0 Å². The first-order valence-corrected chi connectivity index (χ1v) is 6.51. The highest BCUT2D eigenvalue weighted by molar-refractivity contribution is 5.96. The summed E-state index contributed by atoms with van der Waals surface area (Å²) in [4.78, 5) is 18.0. The lowest BCUT2D eigenvalue weighted by molar-refractivity contribution is 0.0996. The van der Waals surface area contributed by atoms with Gasteiger partial charge in [0.1, 0.15) is 17.2 Å². The van der Waals surface area contributed by atoms with Gasteiger partial charge in [-0.05, 0) is 24.3 Å². The fourth-order valence-corrected chi connectivity index (χ4v) is 2.14. The number of aliphatic hydroxyl groups excluding tert-OH is 1. The zero-order valence-electron chi connectivity index (χ0n) is 11.4. The van der Waals surface area contributed by atoms with Crippen LogP contribution in [0, 0.1) is 5.82 Å². The van der Waals surface area contributed by atoms with Crippen molar-refractivity contribution in [2.24, 2.45) is 5.73 Å². The molecule has 112 valence electrons. The van der Waals surface area contributed by atoms with E-state index in [2.05, 4.69) is 15.3 Å². The van der Waals surface area contributed by atoms with Gasteiger partial charge in [0.25, 0.3) is 5.91 Å². The molecule has 22 heavy (non-hydrogen) atoms. The summed E-state index contributed by atoms with van der Waals surface area (Å²) in [6.07, 6.45) is 0.413. The number of nitrogens with zero attached hydrogens (tertiary/aromatic N) is 1. The number of primary amides is 1. The smallest absolute Gasteiger partial charge is 0.265 e. The quantitative estimate of drug-likeness (QED) is 0.552. The number of anilines is 1. The molecule has 2 heterocycles. The van der Waals surface area contributed by atoms with Crippen molar-refractivity contribution >= 4 is 22.6 Å². The minimum atomic E-state index is -1.08. The van der Waals surface area contributed by atoms with Gasteiger partial charge in [-0.15, -0.1) is 0 Å². The van der Waals surface area contributed by atoms with Crippen molar-refractivity contribution in [3.63, 3.8) is 0 Å². The van der Waals surface area contributed by atoms with E-state index in [0.29, 0.717) is 22.3 Å². The molecule has 0 saturated carbocycles.